The van der Waals surface area contributed by atoms with Gasteiger partial charge in [0.1, 0.15) is 11.5 Å². The van der Waals surface area contributed by atoms with E-state index in [0.29, 0.717) is 12.5 Å². The number of methoxy groups -OCH3 is 2. The molecule has 1 unspecified atom stereocenters. The number of benzene rings is 1. The quantitative estimate of drug-likeness (QED) is 0.805. The van der Waals surface area contributed by atoms with E-state index in [4.69, 9.17) is 9.47 Å². The number of hydrogen-bond donors (Lipinski definition) is 2. The Kier molecular flexibility index (Phi) is 5.53. The van der Waals surface area contributed by atoms with Crippen LogP contribution in [0.15, 0.2) is 18.2 Å². The van der Waals surface area contributed by atoms with Crippen LogP contribution in [0.4, 0.5) is 5.69 Å². The first-order chi connectivity index (χ1) is 9.72. The van der Waals surface area contributed by atoms with Gasteiger partial charge in [0.2, 0.25) is 0 Å². The zero-order valence-corrected chi connectivity index (χ0v) is 12.4. The van der Waals surface area contributed by atoms with Gasteiger partial charge in [0, 0.05) is 12.6 Å². The van der Waals surface area contributed by atoms with Crippen molar-refractivity contribution in [3.63, 3.8) is 0 Å². The van der Waals surface area contributed by atoms with Crippen molar-refractivity contribution in [2.75, 3.05) is 26.1 Å². The highest BCUT2D eigenvalue weighted by molar-refractivity contribution is 5.59. The van der Waals surface area contributed by atoms with Crippen LogP contribution in [0.2, 0.25) is 0 Å². The number of aliphatic hydroxyl groups is 1. The third kappa shape index (κ3) is 4.04. The highest BCUT2D eigenvalue weighted by Crippen LogP contribution is 2.30. The summed E-state index contributed by atoms with van der Waals surface area (Å²) in [6.45, 7) is 0.542. The van der Waals surface area contributed by atoms with E-state index in [-0.39, 0.29) is 6.10 Å². The summed E-state index contributed by atoms with van der Waals surface area (Å²) in [5.74, 6) is 2.23. The molecule has 4 nitrogen and oxygen atoms in total. The van der Waals surface area contributed by atoms with E-state index in [0.717, 1.165) is 23.6 Å². The highest BCUT2D eigenvalue weighted by Gasteiger charge is 2.19. The van der Waals surface area contributed by atoms with Crippen molar-refractivity contribution in [1.29, 1.82) is 0 Å². The number of ether oxygens (including phenoxy) is 2. The first-order valence-corrected chi connectivity index (χ1v) is 7.37. The van der Waals surface area contributed by atoms with Crippen molar-refractivity contribution in [1.82, 2.24) is 0 Å². The van der Waals surface area contributed by atoms with Crippen LogP contribution < -0.4 is 14.8 Å². The lowest BCUT2D eigenvalue weighted by Gasteiger charge is -2.18. The molecule has 0 heterocycles. The SMILES string of the molecule is COc1ccc(OC)c(NCC(O)CC2CCCC2)c1. The van der Waals surface area contributed by atoms with Gasteiger partial charge in [0.05, 0.1) is 26.0 Å². The molecule has 0 bridgehead atoms. The molecule has 1 fully saturated rings. The molecule has 0 spiro atoms. The van der Waals surface area contributed by atoms with Gasteiger partial charge in [-0.25, -0.2) is 0 Å². The summed E-state index contributed by atoms with van der Waals surface area (Å²) in [5.41, 5.74) is 0.859. The third-order valence-corrected chi connectivity index (χ3v) is 4.01. The Morgan fingerprint density at radius 1 is 1.25 bits per heavy atom. The van der Waals surface area contributed by atoms with Crippen molar-refractivity contribution in [2.24, 2.45) is 5.92 Å². The van der Waals surface area contributed by atoms with Gasteiger partial charge in [-0.1, -0.05) is 25.7 Å². The van der Waals surface area contributed by atoms with Crippen LogP contribution in [-0.4, -0.2) is 32.0 Å². The smallest absolute Gasteiger partial charge is 0.142 e. The molecular weight excluding hydrogens is 254 g/mol. The van der Waals surface area contributed by atoms with Crippen molar-refractivity contribution >= 4 is 5.69 Å². The lowest BCUT2D eigenvalue weighted by Crippen LogP contribution is -2.22. The number of hydrogen-bond acceptors (Lipinski definition) is 4. The van der Waals surface area contributed by atoms with E-state index < -0.39 is 0 Å². The van der Waals surface area contributed by atoms with Crippen molar-refractivity contribution < 1.29 is 14.6 Å². The molecule has 1 saturated carbocycles. The zero-order chi connectivity index (χ0) is 14.4. The van der Waals surface area contributed by atoms with Gasteiger partial charge in [0.15, 0.2) is 0 Å². The molecule has 1 aliphatic rings. The minimum absolute atomic E-state index is 0.311. The number of nitrogens with one attached hydrogen (secondary N) is 1. The molecule has 0 saturated heterocycles. The summed E-state index contributed by atoms with van der Waals surface area (Å²) in [6.07, 6.45) is 5.73. The number of rotatable bonds is 7. The molecule has 20 heavy (non-hydrogen) atoms. The second-order valence-electron chi connectivity index (χ2n) is 5.49. The Morgan fingerprint density at radius 3 is 2.65 bits per heavy atom. The summed E-state index contributed by atoms with van der Waals surface area (Å²) in [5, 5.41) is 13.4. The number of anilines is 1. The molecule has 0 amide bonds. The fourth-order valence-corrected chi connectivity index (χ4v) is 2.89. The maximum atomic E-state index is 10.1. The van der Waals surface area contributed by atoms with E-state index in [2.05, 4.69) is 5.32 Å². The minimum atomic E-state index is -0.311. The molecule has 1 aromatic rings. The molecule has 1 aromatic carbocycles. The fraction of sp³-hybridized carbons (Fsp3) is 0.625. The van der Waals surface area contributed by atoms with Gasteiger partial charge in [-0.05, 0) is 24.5 Å². The van der Waals surface area contributed by atoms with Crippen molar-refractivity contribution in [3.8, 4) is 11.5 Å². The van der Waals surface area contributed by atoms with Gasteiger partial charge in [0.25, 0.3) is 0 Å². The van der Waals surface area contributed by atoms with Crippen LogP contribution in [0, 0.1) is 5.92 Å². The van der Waals surface area contributed by atoms with Crippen LogP contribution in [-0.2, 0) is 0 Å². The molecule has 2 rings (SSSR count). The first kappa shape index (κ1) is 15.0. The van der Waals surface area contributed by atoms with E-state index >= 15 is 0 Å². The topological polar surface area (TPSA) is 50.7 Å². The summed E-state index contributed by atoms with van der Waals surface area (Å²) in [6, 6.07) is 5.62. The molecule has 112 valence electrons. The van der Waals surface area contributed by atoms with E-state index in [1.807, 2.05) is 18.2 Å². The molecule has 1 atom stereocenters. The van der Waals surface area contributed by atoms with E-state index in [9.17, 15) is 5.11 Å². The van der Waals surface area contributed by atoms with Gasteiger partial charge in [-0.15, -0.1) is 0 Å². The predicted molar refractivity (Wildman–Crippen MR) is 80.6 cm³/mol. The van der Waals surface area contributed by atoms with Crippen LogP contribution in [0.5, 0.6) is 11.5 Å². The molecule has 1 aliphatic carbocycles. The second kappa shape index (κ2) is 7.39. The summed E-state index contributed by atoms with van der Waals surface area (Å²) < 4.78 is 10.5. The molecular formula is C16H25NO3. The maximum Gasteiger partial charge on any atom is 0.142 e. The Bertz CT molecular complexity index is 416. The lowest BCUT2D eigenvalue weighted by molar-refractivity contribution is 0.155. The Balaban J connectivity index is 1.88. The average Bonchev–Trinajstić information content (AvgIpc) is 2.97. The summed E-state index contributed by atoms with van der Waals surface area (Å²) >= 11 is 0. The standard InChI is InChI=1S/C16H25NO3/c1-19-14-7-8-16(20-2)15(10-14)17-11-13(18)9-12-5-3-4-6-12/h7-8,10,12-13,17-18H,3-6,9,11H2,1-2H3. The molecule has 0 aliphatic heterocycles. The van der Waals surface area contributed by atoms with E-state index in [1.54, 1.807) is 14.2 Å². The highest BCUT2D eigenvalue weighted by atomic mass is 16.5. The third-order valence-electron chi connectivity index (χ3n) is 4.01. The molecule has 4 heteroatoms. The zero-order valence-electron chi connectivity index (χ0n) is 12.4. The molecule has 0 aromatic heterocycles. The first-order valence-electron chi connectivity index (χ1n) is 7.37. The Labute approximate surface area is 121 Å². The lowest BCUT2D eigenvalue weighted by atomic mass is 10.00. The van der Waals surface area contributed by atoms with Gasteiger partial charge >= 0.3 is 0 Å². The monoisotopic (exact) mass is 279 g/mol. The molecule has 0 radical (unpaired) electrons. The maximum absolute atomic E-state index is 10.1. The van der Waals surface area contributed by atoms with Crippen molar-refractivity contribution in [3.05, 3.63) is 18.2 Å². The Hall–Kier alpha value is -1.42. The van der Waals surface area contributed by atoms with Crippen LogP contribution in [0.25, 0.3) is 0 Å². The predicted octanol–water partition coefficient (Wildman–Crippen LogP) is 3.06. The Morgan fingerprint density at radius 2 is 2.00 bits per heavy atom. The normalized spacial score (nSPS) is 16.9. The number of aliphatic hydroxyl groups excluding tert-OH is 1. The summed E-state index contributed by atoms with van der Waals surface area (Å²) in [4.78, 5) is 0. The second-order valence-corrected chi connectivity index (χ2v) is 5.49. The minimum Gasteiger partial charge on any atom is -0.497 e. The largest absolute Gasteiger partial charge is 0.497 e. The summed E-state index contributed by atoms with van der Waals surface area (Å²) in [7, 11) is 3.28. The van der Waals surface area contributed by atoms with Crippen LogP contribution in [0.3, 0.4) is 0 Å². The van der Waals surface area contributed by atoms with Gasteiger partial charge in [-0.2, -0.15) is 0 Å². The van der Waals surface area contributed by atoms with Gasteiger partial charge in [-0.3, -0.25) is 0 Å². The van der Waals surface area contributed by atoms with Crippen LogP contribution >= 0.6 is 0 Å². The molecule has 2 N–H and O–H groups in total. The average molecular weight is 279 g/mol. The van der Waals surface area contributed by atoms with Crippen molar-refractivity contribution in [2.45, 2.75) is 38.2 Å². The van der Waals surface area contributed by atoms with Gasteiger partial charge < -0.3 is 19.9 Å². The van der Waals surface area contributed by atoms with E-state index in [1.165, 1.54) is 25.7 Å². The fourth-order valence-electron chi connectivity index (χ4n) is 2.89. The van der Waals surface area contributed by atoms with Crippen LogP contribution in [0.1, 0.15) is 32.1 Å².